The average molecular weight is 309 g/mol. The highest BCUT2D eigenvalue weighted by molar-refractivity contribution is 7.12. The molecule has 112 valence electrons. The lowest BCUT2D eigenvalue weighted by Gasteiger charge is -2.02. The molecule has 0 saturated heterocycles. The first kappa shape index (κ1) is 14.9. The van der Waals surface area contributed by atoms with E-state index in [1.54, 1.807) is 11.3 Å². The lowest BCUT2D eigenvalue weighted by atomic mass is 10.1. The molecule has 2 nitrogen and oxygen atoms in total. The summed E-state index contributed by atoms with van der Waals surface area (Å²) in [6.45, 7) is 5.40. The molecule has 3 aromatic rings. The van der Waals surface area contributed by atoms with Crippen LogP contribution >= 0.6 is 11.3 Å². The molecule has 22 heavy (non-hydrogen) atoms. The Labute approximate surface area is 135 Å². The van der Waals surface area contributed by atoms with Gasteiger partial charge in [0.15, 0.2) is 0 Å². The molecule has 0 fully saturated rings. The summed E-state index contributed by atoms with van der Waals surface area (Å²) in [5.74, 6) is 0. The van der Waals surface area contributed by atoms with Gasteiger partial charge in [0.05, 0.1) is 18.9 Å². The third kappa shape index (κ3) is 3.62. The maximum absolute atomic E-state index is 5.78. The molecule has 3 heteroatoms. The van der Waals surface area contributed by atoms with Crippen molar-refractivity contribution in [2.75, 3.05) is 0 Å². The fraction of sp³-hybridized carbons (Fsp3) is 0.211. The first-order chi connectivity index (χ1) is 10.7. The molecule has 1 aromatic heterocycles. The van der Waals surface area contributed by atoms with Crippen LogP contribution in [0.2, 0.25) is 0 Å². The number of rotatable bonds is 5. The molecule has 2 aromatic carbocycles. The molecule has 0 N–H and O–H groups in total. The lowest BCUT2D eigenvalue weighted by molar-refractivity contribution is 0.107. The number of hydrogen-bond acceptors (Lipinski definition) is 3. The highest BCUT2D eigenvalue weighted by Gasteiger charge is 2.09. The van der Waals surface area contributed by atoms with Crippen LogP contribution in [0.5, 0.6) is 0 Å². The van der Waals surface area contributed by atoms with Crippen molar-refractivity contribution >= 4 is 11.3 Å². The maximum atomic E-state index is 5.78. The van der Waals surface area contributed by atoms with E-state index in [0.29, 0.717) is 13.2 Å². The molecule has 0 amide bonds. The van der Waals surface area contributed by atoms with Crippen LogP contribution in [0.15, 0.2) is 54.6 Å². The molecule has 3 rings (SSSR count). The van der Waals surface area contributed by atoms with Crippen molar-refractivity contribution in [3.05, 3.63) is 75.6 Å². The van der Waals surface area contributed by atoms with Gasteiger partial charge in [0.25, 0.3) is 0 Å². The van der Waals surface area contributed by atoms with Crippen molar-refractivity contribution in [2.24, 2.45) is 0 Å². The van der Waals surface area contributed by atoms with Crippen LogP contribution in [-0.2, 0) is 18.0 Å². The molecule has 0 unspecified atom stereocenters. The molecular formula is C19H19NOS. The van der Waals surface area contributed by atoms with Crippen LogP contribution < -0.4 is 0 Å². The largest absolute Gasteiger partial charge is 0.370 e. The normalized spacial score (nSPS) is 10.8. The smallest absolute Gasteiger partial charge is 0.119 e. The highest BCUT2D eigenvalue weighted by Crippen LogP contribution is 2.28. The second-order valence-corrected chi connectivity index (χ2v) is 6.64. The Balaban J connectivity index is 1.66. The first-order valence-electron chi connectivity index (χ1n) is 7.37. The van der Waals surface area contributed by atoms with Gasteiger partial charge in [0.1, 0.15) is 5.01 Å². The van der Waals surface area contributed by atoms with Crippen molar-refractivity contribution in [3.63, 3.8) is 0 Å². The summed E-state index contributed by atoms with van der Waals surface area (Å²) < 4.78 is 5.78. The summed E-state index contributed by atoms with van der Waals surface area (Å²) in [4.78, 5) is 5.97. The van der Waals surface area contributed by atoms with Gasteiger partial charge in [-0.15, -0.1) is 11.3 Å². The van der Waals surface area contributed by atoms with E-state index in [1.807, 2.05) is 18.2 Å². The van der Waals surface area contributed by atoms with Gasteiger partial charge >= 0.3 is 0 Å². The summed E-state index contributed by atoms with van der Waals surface area (Å²) in [6, 6.07) is 18.7. The molecule has 0 bridgehead atoms. The molecule has 0 aliphatic heterocycles. The van der Waals surface area contributed by atoms with Crippen molar-refractivity contribution in [1.82, 2.24) is 4.98 Å². The fourth-order valence-electron chi connectivity index (χ4n) is 2.32. The monoisotopic (exact) mass is 309 g/mol. The van der Waals surface area contributed by atoms with Crippen molar-refractivity contribution in [1.29, 1.82) is 0 Å². The number of aromatic nitrogens is 1. The summed E-state index contributed by atoms with van der Waals surface area (Å²) in [6.07, 6.45) is 0. The average Bonchev–Trinajstić information content (AvgIpc) is 2.90. The summed E-state index contributed by atoms with van der Waals surface area (Å²) in [5, 5.41) is 1.03. The Bertz CT molecular complexity index is 732. The third-order valence-corrected chi connectivity index (χ3v) is 4.45. The lowest BCUT2D eigenvalue weighted by Crippen LogP contribution is -1.93. The summed E-state index contributed by atoms with van der Waals surface area (Å²) in [7, 11) is 0. The first-order valence-corrected chi connectivity index (χ1v) is 8.19. The second-order valence-electron chi connectivity index (χ2n) is 5.36. The van der Waals surface area contributed by atoms with Crippen LogP contribution in [0, 0.1) is 13.8 Å². The zero-order valence-corrected chi connectivity index (χ0v) is 13.7. The SMILES string of the molecule is Cc1ccc(-c2nc(COCc3ccccc3)sc2C)cc1. The minimum absolute atomic E-state index is 0.562. The van der Waals surface area contributed by atoms with Gasteiger partial charge in [-0.05, 0) is 19.4 Å². The molecule has 0 spiro atoms. The van der Waals surface area contributed by atoms with Gasteiger partial charge in [0.2, 0.25) is 0 Å². The van der Waals surface area contributed by atoms with E-state index < -0.39 is 0 Å². The highest BCUT2D eigenvalue weighted by atomic mass is 32.1. The van der Waals surface area contributed by atoms with E-state index in [1.165, 1.54) is 21.6 Å². The zero-order valence-electron chi connectivity index (χ0n) is 12.9. The number of benzene rings is 2. The number of nitrogens with zero attached hydrogens (tertiary/aromatic N) is 1. The second kappa shape index (κ2) is 6.86. The van der Waals surface area contributed by atoms with Crippen molar-refractivity contribution < 1.29 is 4.74 Å². The topological polar surface area (TPSA) is 22.1 Å². The van der Waals surface area contributed by atoms with Crippen molar-refractivity contribution in [2.45, 2.75) is 27.1 Å². The molecule has 1 heterocycles. The maximum Gasteiger partial charge on any atom is 0.119 e. The minimum Gasteiger partial charge on any atom is -0.370 e. The van der Waals surface area contributed by atoms with E-state index in [9.17, 15) is 0 Å². The number of ether oxygens (including phenoxy) is 1. The van der Waals surface area contributed by atoms with Gasteiger partial charge in [-0.3, -0.25) is 0 Å². The summed E-state index contributed by atoms with van der Waals surface area (Å²) >= 11 is 1.71. The van der Waals surface area contributed by atoms with Crippen LogP contribution in [0.4, 0.5) is 0 Å². The molecule has 0 radical (unpaired) electrons. The molecular weight excluding hydrogens is 290 g/mol. The Hall–Kier alpha value is -1.97. The predicted molar refractivity (Wildman–Crippen MR) is 92.0 cm³/mol. The van der Waals surface area contributed by atoms with Gasteiger partial charge in [-0.1, -0.05) is 60.2 Å². The van der Waals surface area contributed by atoms with Gasteiger partial charge in [0, 0.05) is 10.4 Å². The number of hydrogen-bond donors (Lipinski definition) is 0. The number of aryl methyl sites for hydroxylation is 2. The molecule has 0 aliphatic rings. The van der Waals surface area contributed by atoms with Crippen LogP contribution in [-0.4, -0.2) is 4.98 Å². The Morgan fingerprint density at radius 2 is 1.64 bits per heavy atom. The Kier molecular flexibility index (Phi) is 4.66. The van der Waals surface area contributed by atoms with Gasteiger partial charge < -0.3 is 4.74 Å². The number of thiazole rings is 1. The molecule has 0 saturated carbocycles. The van der Waals surface area contributed by atoms with E-state index in [4.69, 9.17) is 9.72 Å². The van der Waals surface area contributed by atoms with Crippen LogP contribution in [0.1, 0.15) is 21.0 Å². The fourth-order valence-corrected chi connectivity index (χ4v) is 3.22. The zero-order chi connectivity index (χ0) is 15.4. The molecule has 0 aliphatic carbocycles. The van der Waals surface area contributed by atoms with E-state index in [-0.39, 0.29) is 0 Å². The predicted octanol–water partition coefficient (Wildman–Crippen LogP) is 5.14. The van der Waals surface area contributed by atoms with Crippen LogP contribution in [0.25, 0.3) is 11.3 Å². The van der Waals surface area contributed by atoms with E-state index >= 15 is 0 Å². The Morgan fingerprint density at radius 1 is 0.909 bits per heavy atom. The standard InChI is InChI=1S/C19H19NOS/c1-14-8-10-17(11-9-14)19-15(2)22-18(20-19)13-21-12-16-6-4-3-5-7-16/h3-11H,12-13H2,1-2H3. The van der Waals surface area contributed by atoms with Crippen molar-refractivity contribution in [3.8, 4) is 11.3 Å². The third-order valence-electron chi connectivity index (χ3n) is 3.50. The van der Waals surface area contributed by atoms with E-state index in [2.05, 4.69) is 50.2 Å². The van der Waals surface area contributed by atoms with Gasteiger partial charge in [-0.25, -0.2) is 4.98 Å². The minimum atomic E-state index is 0.562. The van der Waals surface area contributed by atoms with E-state index in [0.717, 1.165) is 10.7 Å². The van der Waals surface area contributed by atoms with Gasteiger partial charge in [-0.2, -0.15) is 0 Å². The Morgan fingerprint density at radius 3 is 2.36 bits per heavy atom. The van der Waals surface area contributed by atoms with Crippen LogP contribution in [0.3, 0.4) is 0 Å². The quantitative estimate of drug-likeness (QED) is 0.650. The summed E-state index contributed by atoms with van der Waals surface area (Å²) in [5.41, 5.74) is 4.70. The molecule has 0 atom stereocenters.